The largest absolute Gasteiger partial charge is 0.335 e. The van der Waals surface area contributed by atoms with Crippen LogP contribution in [0.2, 0.25) is 0 Å². The molecule has 1 heterocycles. The Morgan fingerprint density at radius 1 is 1.22 bits per heavy atom. The number of amides is 1. The van der Waals surface area contributed by atoms with E-state index in [1.165, 1.54) is 23.9 Å². The minimum Gasteiger partial charge on any atom is -0.335 e. The van der Waals surface area contributed by atoms with Crippen molar-refractivity contribution in [3.05, 3.63) is 40.3 Å². The van der Waals surface area contributed by atoms with Gasteiger partial charge in [0.25, 0.3) is 11.5 Å². The number of aryl methyl sites for hydroxylation is 1. The Morgan fingerprint density at radius 3 is 2.52 bits per heavy atom. The first-order chi connectivity index (χ1) is 11.1. The lowest BCUT2D eigenvalue weighted by molar-refractivity contribution is 0.0641. The number of benzene rings is 1. The minimum atomic E-state index is -0.169. The molecule has 1 saturated carbocycles. The molecule has 5 heteroatoms. The van der Waals surface area contributed by atoms with Crippen molar-refractivity contribution in [3.63, 3.8) is 0 Å². The van der Waals surface area contributed by atoms with E-state index in [0.29, 0.717) is 29.1 Å². The van der Waals surface area contributed by atoms with Crippen LogP contribution in [0, 0.1) is 0 Å². The highest BCUT2D eigenvalue weighted by Crippen LogP contribution is 2.24. The van der Waals surface area contributed by atoms with Crippen molar-refractivity contribution < 1.29 is 4.79 Å². The third-order valence-electron chi connectivity index (χ3n) is 4.78. The molecule has 122 valence electrons. The van der Waals surface area contributed by atoms with Gasteiger partial charge in [-0.1, -0.05) is 37.5 Å². The molecule has 1 fully saturated rings. The Kier molecular flexibility index (Phi) is 4.46. The standard InChI is InChI=1S/C18H23N3O2/c1-3-21(13-9-5-4-6-10-13)18(23)16-14-11-7-8-12-15(14)17(22)20(2)19-16/h7-8,11-13H,3-6,9-10H2,1-2H3. The summed E-state index contributed by atoms with van der Waals surface area (Å²) in [4.78, 5) is 27.2. The van der Waals surface area contributed by atoms with Crippen LogP contribution in [0.15, 0.2) is 29.1 Å². The van der Waals surface area contributed by atoms with Crippen molar-refractivity contribution in [1.29, 1.82) is 0 Å². The molecule has 1 aliphatic carbocycles. The van der Waals surface area contributed by atoms with Gasteiger partial charge in [-0.3, -0.25) is 9.59 Å². The van der Waals surface area contributed by atoms with E-state index in [1.54, 1.807) is 13.1 Å². The van der Waals surface area contributed by atoms with E-state index in [4.69, 9.17) is 0 Å². The second-order valence-corrected chi connectivity index (χ2v) is 6.21. The van der Waals surface area contributed by atoms with Gasteiger partial charge in [0.05, 0.1) is 5.39 Å². The third kappa shape index (κ3) is 2.87. The fourth-order valence-electron chi connectivity index (χ4n) is 3.55. The number of nitrogens with zero attached hydrogens (tertiary/aromatic N) is 3. The first-order valence-corrected chi connectivity index (χ1v) is 8.40. The molecule has 1 aromatic heterocycles. The molecule has 0 spiro atoms. The first-order valence-electron chi connectivity index (χ1n) is 8.40. The molecule has 0 radical (unpaired) electrons. The average molecular weight is 313 g/mol. The van der Waals surface area contributed by atoms with Crippen LogP contribution >= 0.6 is 0 Å². The molecule has 3 rings (SSSR count). The Hall–Kier alpha value is -2.17. The monoisotopic (exact) mass is 313 g/mol. The predicted octanol–water partition coefficient (Wildman–Crippen LogP) is 2.73. The quantitative estimate of drug-likeness (QED) is 0.875. The Balaban J connectivity index is 2.06. The molecule has 0 aliphatic heterocycles. The molecule has 1 amide bonds. The fraction of sp³-hybridized carbons (Fsp3) is 0.500. The summed E-state index contributed by atoms with van der Waals surface area (Å²) in [5.41, 5.74) is 0.216. The van der Waals surface area contributed by atoms with Gasteiger partial charge in [0, 0.05) is 25.0 Å². The number of carbonyl (C=O) groups is 1. The summed E-state index contributed by atoms with van der Waals surface area (Å²) in [6, 6.07) is 7.52. The van der Waals surface area contributed by atoms with Gasteiger partial charge in [0.2, 0.25) is 0 Å². The van der Waals surface area contributed by atoms with Gasteiger partial charge in [0.15, 0.2) is 5.69 Å². The van der Waals surface area contributed by atoms with E-state index in [9.17, 15) is 9.59 Å². The molecule has 0 atom stereocenters. The van der Waals surface area contributed by atoms with Crippen molar-refractivity contribution in [3.8, 4) is 0 Å². The summed E-state index contributed by atoms with van der Waals surface area (Å²) in [6.07, 6.45) is 5.72. The van der Waals surface area contributed by atoms with Crippen LogP contribution in [0.3, 0.4) is 0 Å². The molecule has 1 aromatic carbocycles. The third-order valence-corrected chi connectivity index (χ3v) is 4.78. The lowest BCUT2D eigenvalue weighted by Gasteiger charge is -2.33. The number of carbonyl (C=O) groups excluding carboxylic acids is 1. The highest BCUT2D eigenvalue weighted by Gasteiger charge is 2.27. The molecule has 0 N–H and O–H groups in total. The predicted molar refractivity (Wildman–Crippen MR) is 90.6 cm³/mol. The van der Waals surface area contributed by atoms with Gasteiger partial charge in [-0.2, -0.15) is 5.10 Å². The van der Waals surface area contributed by atoms with Gasteiger partial charge in [0.1, 0.15) is 0 Å². The van der Waals surface area contributed by atoms with Crippen molar-refractivity contribution >= 4 is 16.7 Å². The Bertz CT molecular complexity index is 775. The van der Waals surface area contributed by atoms with E-state index in [0.717, 1.165) is 12.8 Å². The summed E-state index contributed by atoms with van der Waals surface area (Å²) >= 11 is 0. The molecular formula is C18H23N3O2. The summed E-state index contributed by atoms with van der Waals surface area (Å²) in [6.45, 7) is 2.68. The van der Waals surface area contributed by atoms with Crippen LogP contribution in [0.4, 0.5) is 0 Å². The van der Waals surface area contributed by atoms with E-state index in [1.807, 2.05) is 30.0 Å². The minimum absolute atomic E-state index is 0.0637. The average Bonchev–Trinajstić information content (AvgIpc) is 2.59. The fourth-order valence-corrected chi connectivity index (χ4v) is 3.55. The summed E-state index contributed by atoms with van der Waals surface area (Å²) in [7, 11) is 1.60. The zero-order valence-electron chi connectivity index (χ0n) is 13.8. The summed E-state index contributed by atoms with van der Waals surface area (Å²) in [5.74, 6) is -0.0637. The number of fused-ring (bicyclic) bond motifs is 1. The zero-order chi connectivity index (χ0) is 16.4. The molecule has 5 nitrogen and oxygen atoms in total. The van der Waals surface area contributed by atoms with Crippen LogP contribution in [0.25, 0.3) is 10.8 Å². The van der Waals surface area contributed by atoms with Crippen molar-refractivity contribution in [1.82, 2.24) is 14.7 Å². The van der Waals surface area contributed by atoms with Gasteiger partial charge in [-0.25, -0.2) is 4.68 Å². The zero-order valence-corrected chi connectivity index (χ0v) is 13.8. The van der Waals surface area contributed by atoms with E-state index < -0.39 is 0 Å². The lowest BCUT2D eigenvalue weighted by atomic mass is 9.94. The van der Waals surface area contributed by atoms with E-state index in [2.05, 4.69) is 5.10 Å². The number of aromatic nitrogens is 2. The molecule has 0 bridgehead atoms. The normalized spacial score (nSPS) is 15.7. The van der Waals surface area contributed by atoms with Crippen molar-refractivity contribution in [2.24, 2.45) is 7.05 Å². The van der Waals surface area contributed by atoms with Gasteiger partial charge in [-0.05, 0) is 25.8 Å². The lowest BCUT2D eigenvalue weighted by Crippen LogP contribution is -2.42. The van der Waals surface area contributed by atoms with E-state index >= 15 is 0 Å². The van der Waals surface area contributed by atoms with Crippen molar-refractivity contribution in [2.45, 2.75) is 45.1 Å². The molecule has 0 unspecified atom stereocenters. The maximum absolute atomic E-state index is 13.1. The maximum atomic E-state index is 13.1. The van der Waals surface area contributed by atoms with Crippen LogP contribution in [0.5, 0.6) is 0 Å². The Morgan fingerprint density at radius 2 is 1.87 bits per heavy atom. The van der Waals surface area contributed by atoms with E-state index in [-0.39, 0.29) is 11.5 Å². The highest BCUT2D eigenvalue weighted by molar-refractivity contribution is 6.04. The molecule has 23 heavy (non-hydrogen) atoms. The topological polar surface area (TPSA) is 55.2 Å². The van der Waals surface area contributed by atoms with Crippen LogP contribution in [-0.2, 0) is 7.05 Å². The van der Waals surface area contributed by atoms with Crippen LogP contribution in [0.1, 0.15) is 49.5 Å². The molecular weight excluding hydrogens is 290 g/mol. The maximum Gasteiger partial charge on any atom is 0.275 e. The van der Waals surface area contributed by atoms with Crippen molar-refractivity contribution in [2.75, 3.05) is 6.54 Å². The number of rotatable bonds is 3. The van der Waals surface area contributed by atoms with Gasteiger partial charge < -0.3 is 4.90 Å². The second kappa shape index (κ2) is 6.52. The van der Waals surface area contributed by atoms with Crippen LogP contribution < -0.4 is 5.56 Å². The smallest absolute Gasteiger partial charge is 0.275 e. The summed E-state index contributed by atoms with van der Waals surface area (Å²) in [5, 5.41) is 5.47. The summed E-state index contributed by atoms with van der Waals surface area (Å²) < 4.78 is 1.27. The van der Waals surface area contributed by atoms with Gasteiger partial charge in [-0.15, -0.1) is 0 Å². The molecule has 1 aliphatic rings. The molecule has 2 aromatic rings. The van der Waals surface area contributed by atoms with Gasteiger partial charge >= 0.3 is 0 Å². The van der Waals surface area contributed by atoms with Crippen LogP contribution in [-0.4, -0.2) is 33.2 Å². The Labute approximate surface area is 135 Å². The number of hydrogen-bond donors (Lipinski definition) is 0. The number of hydrogen-bond acceptors (Lipinski definition) is 3. The SMILES string of the molecule is CCN(C(=O)c1nn(C)c(=O)c2ccccc12)C1CCCCC1. The molecule has 0 saturated heterocycles. The highest BCUT2D eigenvalue weighted by atomic mass is 16.2. The second-order valence-electron chi connectivity index (χ2n) is 6.21. The first kappa shape index (κ1) is 15.7.